The summed E-state index contributed by atoms with van der Waals surface area (Å²) in [5.41, 5.74) is -1.10. The van der Waals surface area contributed by atoms with Gasteiger partial charge in [-0.3, -0.25) is 10.1 Å². The van der Waals surface area contributed by atoms with E-state index in [1.54, 1.807) is 4.57 Å². The Balaban J connectivity index is 2.46. The molecule has 1 aromatic heterocycles. The maximum atomic E-state index is 13.7. The Kier molecular flexibility index (Phi) is 5.10. The first-order chi connectivity index (χ1) is 11.3. The summed E-state index contributed by atoms with van der Waals surface area (Å²) >= 11 is 5.86. The van der Waals surface area contributed by atoms with E-state index in [1.807, 2.05) is 20.8 Å². The molecule has 0 aliphatic carbocycles. The SMILES string of the molecule is CC(C)(CC(=O)Nc1nc2cc(F)c(Cl)cc2n1C(C)(C)C)C(F)F. The van der Waals surface area contributed by atoms with Crippen LogP contribution in [0, 0.1) is 11.2 Å². The van der Waals surface area contributed by atoms with Gasteiger partial charge >= 0.3 is 0 Å². The number of benzene rings is 1. The minimum absolute atomic E-state index is 0.0605. The normalized spacial score (nSPS) is 12.9. The molecule has 0 bridgehead atoms. The Labute approximate surface area is 149 Å². The van der Waals surface area contributed by atoms with Crippen molar-refractivity contribution in [1.29, 1.82) is 0 Å². The summed E-state index contributed by atoms with van der Waals surface area (Å²) in [6.45, 7) is 8.27. The third-order valence-electron chi connectivity index (χ3n) is 3.83. The molecule has 8 heteroatoms. The van der Waals surface area contributed by atoms with Crippen LogP contribution in [0.25, 0.3) is 11.0 Å². The van der Waals surface area contributed by atoms with Gasteiger partial charge in [-0.15, -0.1) is 0 Å². The summed E-state index contributed by atoms with van der Waals surface area (Å²) in [6.07, 6.45) is -3.00. The molecule has 0 fully saturated rings. The van der Waals surface area contributed by atoms with Gasteiger partial charge in [0, 0.05) is 23.4 Å². The summed E-state index contributed by atoms with van der Waals surface area (Å²) < 4.78 is 41.4. The first kappa shape index (κ1) is 19.6. The second kappa shape index (κ2) is 6.52. The van der Waals surface area contributed by atoms with Crippen LogP contribution in [-0.4, -0.2) is 21.9 Å². The lowest BCUT2D eigenvalue weighted by Crippen LogP contribution is -2.30. The number of hydrogen-bond acceptors (Lipinski definition) is 2. The van der Waals surface area contributed by atoms with Crippen molar-refractivity contribution in [2.24, 2.45) is 5.41 Å². The van der Waals surface area contributed by atoms with Crippen LogP contribution < -0.4 is 5.32 Å². The Morgan fingerprint density at radius 2 is 1.88 bits per heavy atom. The van der Waals surface area contributed by atoms with Crippen molar-refractivity contribution in [1.82, 2.24) is 9.55 Å². The van der Waals surface area contributed by atoms with Gasteiger partial charge in [0.15, 0.2) is 0 Å². The molecule has 0 aliphatic heterocycles. The molecule has 2 rings (SSSR count). The molecule has 0 aliphatic rings. The lowest BCUT2D eigenvalue weighted by molar-refractivity contribution is -0.120. The number of anilines is 1. The number of nitrogens with one attached hydrogen (secondary N) is 1. The first-order valence-electron chi connectivity index (χ1n) is 7.79. The van der Waals surface area contributed by atoms with Gasteiger partial charge in [0.1, 0.15) is 5.82 Å². The number of alkyl halides is 2. The van der Waals surface area contributed by atoms with E-state index in [-0.39, 0.29) is 17.4 Å². The van der Waals surface area contributed by atoms with Crippen molar-refractivity contribution >= 4 is 34.5 Å². The minimum Gasteiger partial charge on any atom is -0.305 e. The fourth-order valence-corrected chi connectivity index (χ4v) is 2.65. The maximum absolute atomic E-state index is 13.7. The van der Waals surface area contributed by atoms with Crippen molar-refractivity contribution in [3.05, 3.63) is 23.0 Å². The highest BCUT2D eigenvalue weighted by atomic mass is 35.5. The highest BCUT2D eigenvalue weighted by molar-refractivity contribution is 6.31. The fourth-order valence-electron chi connectivity index (χ4n) is 2.50. The number of hydrogen-bond donors (Lipinski definition) is 1. The van der Waals surface area contributed by atoms with E-state index < -0.39 is 29.1 Å². The van der Waals surface area contributed by atoms with Gasteiger partial charge in [-0.05, 0) is 26.8 Å². The van der Waals surface area contributed by atoms with Crippen LogP contribution in [0.5, 0.6) is 0 Å². The summed E-state index contributed by atoms with van der Waals surface area (Å²) in [6, 6.07) is 2.61. The molecule has 0 saturated carbocycles. The average Bonchev–Trinajstić information content (AvgIpc) is 2.74. The van der Waals surface area contributed by atoms with E-state index in [2.05, 4.69) is 10.3 Å². The van der Waals surface area contributed by atoms with Gasteiger partial charge in [-0.2, -0.15) is 0 Å². The fraction of sp³-hybridized carbons (Fsp3) is 0.529. The quantitative estimate of drug-likeness (QED) is 0.798. The zero-order valence-electron chi connectivity index (χ0n) is 14.8. The van der Waals surface area contributed by atoms with Crippen LogP contribution in [0.2, 0.25) is 5.02 Å². The molecule has 0 atom stereocenters. The second-order valence-electron chi connectivity index (χ2n) is 7.71. The van der Waals surface area contributed by atoms with E-state index in [0.717, 1.165) is 0 Å². The van der Waals surface area contributed by atoms with Crippen LogP contribution >= 0.6 is 11.6 Å². The molecule has 0 unspecified atom stereocenters. The molecule has 1 amide bonds. The topological polar surface area (TPSA) is 46.9 Å². The van der Waals surface area contributed by atoms with Gasteiger partial charge in [0.05, 0.1) is 16.1 Å². The monoisotopic (exact) mass is 375 g/mol. The standard InChI is InChI=1S/C17H21ClF3N3O/c1-16(2,3)24-12-6-9(18)10(19)7-11(12)22-15(24)23-13(25)8-17(4,5)14(20)21/h6-7,14H,8H2,1-5H3,(H,22,23,25). The number of nitrogens with zero attached hydrogens (tertiary/aromatic N) is 2. The Bertz CT molecular complexity index is 810. The number of carbonyl (C=O) groups excluding carboxylic acids is 1. The van der Waals surface area contributed by atoms with Gasteiger partial charge in [-0.1, -0.05) is 25.4 Å². The summed E-state index contributed by atoms with van der Waals surface area (Å²) in [5.74, 6) is -1.04. The van der Waals surface area contributed by atoms with Crippen molar-refractivity contribution in [3.8, 4) is 0 Å². The molecule has 1 N–H and O–H groups in total. The molecule has 2 aromatic rings. The molecule has 0 spiro atoms. The molecular weight excluding hydrogens is 355 g/mol. The highest BCUT2D eigenvalue weighted by Gasteiger charge is 2.33. The third kappa shape index (κ3) is 4.08. The summed E-state index contributed by atoms with van der Waals surface area (Å²) in [4.78, 5) is 16.5. The molecule has 0 saturated heterocycles. The van der Waals surface area contributed by atoms with Crippen molar-refractivity contribution in [2.75, 3.05) is 5.32 Å². The zero-order valence-corrected chi connectivity index (χ0v) is 15.5. The molecule has 1 aromatic carbocycles. The molecule has 0 radical (unpaired) electrons. The van der Waals surface area contributed by atoms with Gasteiger partial charge in [0.25, 0.3) is 0 Å². The average molecular weight is 376 g/mol. The number of halogens is 4. The van der Waals surface area contributed by atoms with Crippen LogP contribution in [-0.2, 0) is 10.3 Å². The van der Waals surface area contributed by atoms with E-state index >= 15 is 0 Å². The number of aromatic nitrogens is 2. The Morgan fingerprint density at radius 3 is 2.40 bits per heavy atom. The number of imidazole rings is 1. The van der Waals surface area contributed by atoms with Crippen LogP contribution in [0.3, 0.4) is 0 Å². The number of rotatable bonds is 4. The predicted molar refractivity (Wildman–Crippen MR) is 92.7 cm³/mol. The van der Waals surface area contributed by atoms with E-state index in [9.17, 15) is 18.0 Å². The Morgan fingerprint density at radius 1 is 1.28 bits per heavy atom. The first-order valence-corrected chi connectivity index (χ1v) is 8.17. The largest absolute Gasteiger partial charge is 0.305 e. The lowest BCUT2D eigenvalue weighted by Gasteiger charge is -2.26. The number of amides is 1. The summed E-state index contributed by atoms with van der Waals surface area (Å²) in [7, 11) is 0. The number of fused-ring (bicyclic) bond motifs is 1. The van der Waals surface area contributed by atoms with Gasteiger partial charge in [-0.25, -0.2) is 18.2 Å². The summed E-state index contributed by atoms with van der Waals surface area (Å²) in [5, 5.41) is 2.51. The maximum Gasteiger partial charge on any atom is 0.244 e. The second-order valence-corrected chi connectivity index (χ2v) is 8.12. The molecule has 138 valence electrons. The van der Waals surface area contributed by atoms with Crippen LogP contribution in [0.1, 0.15) is 41.0 Å². The van der Waals surface area contributed by atoms with Crippen molar-refractivity contribution < 1.29 is 18.0 Å². The van der Waals surface area contributed by atoms with Gasteiger partial charge < -0.3 is 4.57 Å². The smallest absolute Gasteiger partial charge is 0.244 e. The van der Waals surface area contributed by atoms with E-state index in [1.165, 1.54) is 26.0 Å². The Hall–Kier alpha value is -1.76. The van der Waals surface area contributed by atoms with Crippen molar-refractivity contribution in [3.63, 3.8) is 0 Å². The van der Waals surface area contributed by atoms with Crippen LogP contribution in [0.4, 0.5) is 19.1 Å². The zero-order chi connectivity index (χ0) is 19.2. The lowest BCUT2D eigenvalue weighted by atomic mass is 9.89. The molecule has 4 nitrogen and oxygen atoms in total. The van der Waals surface area contributed by atoms with E-state index in [0.29, 0.717) is 11.0 Å². The molecule has 1 heterocycles. The molecular formula is C17H21ClF3N3O. The van der Waals surface area contributed by atoms with Gasteiger partial charge in [0.2, 0.25) is 18.3 Å². The number of carbonyl (C=O) groups is 1. The molecule has 25 heavy (non-hydrogen) atoms. The third-order valence-corrected chi connectivity index (χ3v) is 4.12. The van der Waals surface area contributed by atoms with E-state index in [4.69, 9.17) is 11.6 Å². The highest BCUT2D eigenvalue weighted by Crippen LogP contribution is 2.33. The predicted octanol–water partition coefficient (Wildman–Crippen LogP) is 5.20. The van der Waals surface area contributed by atoms with Crippen LogP contribution in [0.15, 0.2) is 12.1 Å². The minimum atomic E-state index is -2.63. The van der Waals surface area contributed by atoms with Crippen molar-refractivity contribution in [2.45, 2.75) is 53.0 Å².